The predicted molar refractivity (Wildman–Crippen MR) is 278 cm³/mol. The number of fused-ring (bicyclic) bond motifs is 2. The molecule has 0 aliphatic carbocycles. The zero-order valence-electron chi connectivity index (χ0n) is 41.2. The number of hydrogen-bond donors (Lipinski definition) is 1. The zero-order valence-corrected chi connectivity index (χ0v) is 42.9. The number of benzene rings is 2. The highest BCUT2D eigenvalue weighted by Gasteiger charge is 2.30. The minimum Gasteiger partial charge on any atom is -0.377 e. The summed E-state index contributed by atoms with van der Waals surface area (Å²) in [5.41, 5.74) is 5.29. The number of aromatic nitrogens is 6. The van der Waals surface area contributed by atoms with E-state index in [-0.39, 0.29) is 24.2 Å². The molecule has 0 radical (unpaired) electrons. The van der Waals surface area contributed by atoms with Crippen molar-refractivity contribution in [3.05, 3.63) is 72.8 Å². The van der Waals surface area contributed by atoms with E-state index >= 15 is 0 Å². The van der Waals surface area contributed by atoms with Crippen molar-refractivity contribution in [3.8, 4) is 22.5 Å². The Hall–Kier alpha value is -6.04. The minimum absolute atomic E-state index is 0.151. The van der Waals surface area contributed by atoms with Gasteiger partial charge in [-0.2, -0.15) is 19.9 Å². The van der Waals surface area contributed by atoms with Crippen LogP contribution in [0.5, 0.6) is 0 Å². The van der Waals surface area contributed by atoms with Crippen LogP contribution < -0.4 is 28.6 Å². The molecule has 2 aromatic carbocycles. The summed E-state index contributed by atoms with van der Waals surface area (Å²) in [5.74, 6) is 2.99. The Labute approximate surface area is 415 Å². The molecule has 4 fully saturated rings. The van der Waals surface area contributed by atoms with Crippen LogP contribution in [0, 0.1) is 0 Å². The van der Waals surface area contributed by atoms with E-state index in [1.54, 1.807) is 31.3 Å². The highest BCUT2D eigenvalue weighted by atomic mass is 32.2. The molecule has 0 saturated carbocycles. The van der Waals surface area contributed by atoms with Crippen LogP contribution in [0.2, 0.25) is 0 Å². The van der Waals surface area contributed by atoms with E-state index in [0.717, 1.165) is 52.9 Å². The lowest BCUT2D eigenvalue weighted by atomic mass is 10.1. The summed E-state index contributed by atoms with van der Waals surface area (Å²) in [6, 6.07) is 23.1. The van der Waals surface area contributed by atoms with Gasteiger partial charge in [-0.3, -0.25) is 9.03 Å². The van der Waals surface area contributed by atoms with Gasteiger partial charge in [0.05, 0.1) is 117 Å². The third-order valence-electron chi connectivity index (χ3n) is 13.0. The van der Waals surface area contributed by atoms with Crippen molar-refractivity contribution >= 4 is 77.0 Å². The van der Waals surface area contributed by atoms with Crippen LogP contribution in [-0.2, 0) is 39.0 Å². The molecule has 22 heteroatoms. The van der Waals surface area contributed by atoms with E-state index < -0.39 is 20.0 Å². The monoisotopic (exact) mass is 1010 g/mol. The third kappa shape index (κ3) is 11.4. The van der Waals surface area contributed by atoms with Gasteiger partial charge in [-0.25, -0.2) is 26.8 Å². The van der Waals surface area contributed by atoms with E-state index in [1.165, 1.54) is 10.6 Å². The number of pyridine rings is 2. The number of morpholine rings is 4. The SMILES string of the molecule is C[C@H]1COCCN1c1nc(N2CCOC[C@@H]2C)c2ccc(-c3cccc(N(C)S(C)(=O)=O)c3)nc2n1.C[C@H]1COCCN1c1nc(N2CCOC[C@@H]2C)c2ccc(-c3cccc(NS(C)(=O)=O)c3)nc2n1. The number of anilines is 6. The van der Waals surface area contributed by atoms with Crippen molar-refractivity contribution < 1.29 is 35.8 Å². The molecule has 20 nitrogen and oxygen atoms in total. The number of hydrogen-bond acceptors (Lipinski definition) is 18. The van der Waals surface area contributed by atoms with Crippen LogP contribution in [0.1, 0.15) is 27.7 Å². The number of rotatable bonds is 10. The summed E-state index contributed by atoms with van der Waals surface area (Å²) in [6.45, 7) is 16.5. The molecule has 0 unspecified atom stereocenters. The van der Waals surface area contributed by atoms with E-state index in [1.807, 2.05) is 48.5 Å². The van der Waals surface area contributed by atoms with E-state index in [4.69, 9.17) is 48.9 Å². The van der Waals surface area contributed by atoms with Crippen LogP contribution in [0.4, 0.5) is 34.9 Å². The molecule has 0 spiro atoms. The molecule has 4 saturated heterocycles. The fourth-order valence-corrected chi connectivity index (χ4v) is 10.2. The highest BCUT2D eigenvalue weighted by molar-refractivity contribution is 7.92. The smallest absolute Gasteiger partial charge is 0.231 e. The number of nitrogens with one attached hydrogen (secondary N) is 1. The van der Waals surface area contributed by atoms with Gasteiger partial charge in [-0.05, 0) is 76.2 Å². The summed E-state index contributed by atoms with van der Waals surface area (Å²) in [4.78, 5) is 38.5. The highest BCUT2D eigenvalue weighted by Crippen LogP contribution is 2.34. The zero-order chi connectivity index (χ0) is 50.0. The molecule has 4 aliphatic rings. The van der Waals surface area contributed by atoms with Gasteiger partial charge in [0.15, 0.2) is 11.3 Å². The average Bonchev–Trinajstić information content (AvgIpc) is 3.35. The molecule has 10 rings (SSSR count). The van der Waals surface area contributed by atoms with Gasteiger partial charge in [0.25, 0.3) is 0 Å². The standard InChI is InChI=1S/C25H32N6O4S.C24H30N6O4S/c1-17-15-34-12-10-30(17)24-21-8-9-22(19-6-5-7-20(14-19)29(3)36(4,32)33)26-23(21)27-25(28-24)31-11-13-35-16-18(31)2;1-16-14-33-11-9-29(16)23-20-7-8-21(18-5-4-6-19(13-18)28-35(3,31)32)25-22(20)26-24(27-23)30-10-12-34-15-17(30)2/h5-9,14,17-18H,10-13,15-16H2,1-4H3;4-8,13,16-17,28H,9-12,14-15H2,1-3H3/t17-,18-;16-,17-/m00/s1. The van der Waals surface area contributed by atoms with Gasteiger partial charge in [-0.15, -0.1) is 0 Å². The summed E-state index contributed by atoms with van der Waals surface area (Å²) < 4.78 is 73.8. The Morgan fingerprint density at radius 3 is 1.38 bits per heavy atom. The van der Waals surface area contributed by atoms with Gasteiger partial charge in [0.2, 0.25) is 31.9 Å². The summed E-state index contributed by atoms with van der Waals surface area (Å²) in [7, 11) is -5.21. The molecule has 0 bridgehead atoms. The van der Waals surface area contributed by atoms with Gasteiger partial charge >= 0.3 is 0 Å². The van der Waals surface area contributed by atoms with Crippen molar-refractivity contribution in [1.29, 1.82) is 0 Å². The Morgan fingerprint density at radius 1 is 0.535 bits per heavy atom. The second-order valence-corrected chi connectivity index (χ2v) is 22.3. The first-order valence-electron chi connectivity index (χ1n) is 23.9. The lowest BCUT2D eigenvalue weighted by Gasteiger charge is -2.37. The third-order valence-corrected chi connectivity index (χ3v) is 14.9. The second kappa shape index (κ2) is 21.0. The van der Waals surface area contributed by atoms with Crippen LogP contribution in [0.25, 0.3) is 44.6 Å². The van der Waals surface area contributed by atoms with Crippen LogP contribution in [0.3, 0.4) is 0 Å². The van der Waals surface area contributed by atoms with E-state index in [0.29, 0.717) is 112 Å². The summed E-state index contributed by atoms with van der Waals surface area (Å²) in [5, 5.41) is 1.75. The number of sulfonamides is 2. The molecule has 4 aliphatic heterocycles. The molecule has 1 N–H and O–H groups in total. The molecule has 378 valence electrons. The van der Waals surface area contributed by atoms with Gasteiger partial charge in [0.1, 0.15) is 11.6 Å². The molecule has 71 heavy (non-hydrogen) atoms. The fourth-order valence-electron chi connectivity index (χ4n) is 9.12. The van der Waals surface area contributed by atoms with E-state index in [9.17, 15) is 16.8 Å². The Kier molecular flexibility index (Phi) is 14.7. The van der Waals surface area contributed by atoms with Crippen molar-refractivity contribution in [2.45, 2.75) is 51.9 Å². The normalized spacial score (nSPS) is 21.2. The Balaban J connectivity index is 0.000000176. The molecule has 0 amide bonds. The maximum atomic E-state index is 12.0. The first-order valence-corrected chi connectivity index (χ1v) is 27.6. The van der Waals surface area contributed by atoms with E-state index in [2.05, 4.69) is 52.0 Å². The van der Waals surface area contributed by atoms with Crippen molar-refractivity contribution in [2.24, 2.45) is 0 Å². The molecular formula is C49H62N12O8S2. The van der Waals surface area contributed by atoms with Crippen molar-refractivity contribution in [2.75, 3.05) is 127 Å². The summed E-state index contributed by atoms with van der Waals surface area (Å²) in [6.07, 6.45) is 2.32. The minimum atomic E-state index is -3.38. The molecule has 8 heterocycles. The maximum Gasteiger partial charge on any atom is 0.231 e. The molecule has 4 atom stereocenters. The molecule has 4 aromatic heterocycles. The predicted octanol–water partition coefficient (Wildman–Crippen LogP) is 5.05. The van der Waals surface area contributed by atoms with Gasteiger partial charge < -0.3 is 38.5 Å². The van der Waals surface area contributed by atoms with Crippen molar-refractivity contribution in [3.63, 3.8) is 0 Å². The van der Waals surface area contributed by atoms with Crippen molar-refractivity contribution in [1.82, 2.24) is 29.9 Å². The maximum absolute atomic E-state index is 12.0. The first-order chi connectivity index (χ1) is 34.0. The Morgan fingerprint density at radius 2 is 0.958 bits per heavy atom. The van der Waals surface area contributed by atoms with Crippen LogP contribution in [-0.4, -0.2) is 170 Å². The van der Waals surface area contributed by atoms with Crippen LogP contribution in [0.15, 0.2) is 72.8 Å². The average molecular weight is 1010 g/mol. The van der Waals surface area contributed by atoms with Crippen LogP contribution >= 0.6 is 0 Å². The lowest BCUT2D eigenvalue weighted by molar-refractivity contribution is 0.0972. The largest absolute Gasteiger partial charge is 0.377 e. The second-order valence-electron chi connectivity index (χ2n) is 18.5. The summed E-state index contributed by atoms with van der Waals surface area (Å²) >= 11 is 0. The number of ether oxygens (including phenoxy) is 4. The Bertz CT molecular complexity index is 3120. The number of nitrogens with zero attached hydrogens (tertiary/aromatic N) is 11. The van der Waals surface area contributed by atoms with Gasteiger partial charge in [-0.1, -0.05) is 24.3 Å². The van der Waals surface area contributed by atoms with Gasteiger partial charge in [0, 0.05) is 50.0 Å². The first kappa shape index (κ1) is 49.9. The fraction of sp³-hybridized carbons (Fsp3) is 0.469. The lowest BCUT2D eigenvalue weighted by Crippen LogP contribution is -2.46. The topological polar surface area (TPSA) is 211 Å². The molecular weight excluding hydrogens is 949 g/mol. The molecule has 6 aromatic rings. The quantitative estimate of drug-likeness (QED) is 0.190.